The smallest absolute Gasteiger partial charge is 0.338 e. The van der Waals surface area contributed by atoms with E-state index in [0.717, 1.165) is 26.4 Å². The first-order chi connectivity index (χ1) is 12.1. The lowest BCUT2D eigenvalue weighted by atomic mass is 10.2. The van der Waals surface area contributed by atoms with Gasteiger partial charge in [-0.05, 0) is 113 Å². The van der Waals surface area contributed by atoms with Crippen LogP contribution in [0.2, 0.25) is 0 Å². The van der Waals surface area contributed by atoms with E-state index in [1.165, 1.54) is 0 Å². The summed E-state index contributed by atoms with van der Waals surface area (Å²) in [6.45, 7) is 0.742. The molecule has 132 valence electrons. The van der Waals surface area contributed by atoms with Crippen molar-refractivity contribution in [3.05, 3.63) is 66.8 Å². The molecule has 0 amide bonds. The van der Waals surface area contributed by atoms with Crippen molar-refractivity contribution in [3.8, 4) is 0 Å². The molecule has 0 heterocycles. The van der Waals surface area contributed by atoms with E-state index in [2.05, 4.69) is 45.2 Å². The zero-order valence-electron chi connectivity index (χ0n) is 13.5. The molecule has 0 fully saturated rings. The van der Waals surface area contributed by atoms with Gasteiger partial charge in [0.2, 0.25) is 0 Å². The second-order valence-corrected chi connectivity index (χ2v) is 7.84. The lowest BCUT2D eigenvalue weighted by Gasteiger charge is -2.06. The number of carbonyl (C=O) groups is 2. The quantitative estimate of drug-likeness (QED) is 0.255. The van der Waals surface area contributed by atoms with E-state index < -0.39 is 0 Å². The van der Waals surface area contributed by atoms with Gasteiger partial charge in [-0.2, -0.15) is 0 Å². The van der Waals surface area contributed by atoms with Gasteiger partial charge >= 0.3 is 11.9 Å². The van der Waals surface area contributed by atoms with Gasteiger partial charge in [-0.3, -0.25) is 0 Å². The molecule has 0 saturated carbocycles. The van der Waals surface area contributed by atoms with Crippen LogP contribution in [-0.4, -0.2) is 25.2 Å². The van der Waals surface area contributed by atoms with Crippen molar-refractivity contribution in [2.75, 3.05) is 13.2 Å². The SMILES string of the molecule is O=C(OCCCCCOC(=O)c1ccc(I)cc1)c1ccc(I)cc1. The van der Waals surface area contributed by atoms with Gasteiger partial charge < -0.3 is 9.47 Å². The lowest BCUT2D eigenvalue weighted by Crippen LogP contribution is -2.08. The summed E-state index contributed by atoms with van der Waals surface area (Å²) in [4.78, 5) is 23.6. The van der Waals surface area contributed by atoms with Gasteiger partial charge in [0, 0.05) is 7.14 Å². The topological polar surface area (TPSA) is 52.6 Å². The van der Waals surface area contributed by atoms with Gasteiger partial charge in [0.15, 0.2) is 0 Å². The predicted octanol–water partition coefficient (Wildman–Crippen LogP) is 5.08. The summed E-state index contributed by atoms with van der Waals surface area (Å²) >= 11 is 4.38. The van der Waals surface area contributed by atoms with Crippen LogP contribution >= 0.6 is 45.2 Å². The lowest BCUT2D eigenvalue weighted by molar-refractivity contribution is 0.0478. The van der Waals surface area contributed by atoms with Gasteiger partial charge in [0.1, 0.15) is 0 Å². The Bertz CT molecular complexity index is 635. The van der Waals surface area contributed by atoms with Gasteiger partial charge in [-0.25, -0.2) is 9.59 Å². The minimum atomic E-state index is -0.304. The van der Waals surface area contributed by atoms with Gasteiger partial charge in [-0.15, -0.1) is 0 Å². The maximum Gasteiger partial charge on any atom is 0.338 e. The van der Waals surface area contributed by atoms with Crippen LogP contribution in [0.5, 0.6) is 0 Å². The van der Waals surface area contributed by atoms with E-state index in [9.17, 15) is 9.59 Å². The molecule has 0 aliphatic carbocycles. The van der Waals surface area contributed by atoms with Crippen molar-refractivity contribution in [1.29, 1.82) is 0 Å². The number of ether oxygens (including phenoxy) is 2. The van der Waals surface area contributed by atoms with Crippen molar-refractivity contribution < 1.29 is 19.1 Å². The van der Waals surface area contributed by atoms with E-state index >= 15 is 0 Å². The molecule has 0 aliphatic heterocycles. The highest BCUT2D eigenvalue weighted by molar-refractivity contribution is 14.1. The number of rotatable bonds is 8. The highest BCUT2D eigenvalue weighted by atomic mass is 127. The molecule has 6 heteroatoms. The molecule has 25 heavy (non-hydrogen) atoms. The summed E-state index contributed by atoms with van der Waals surface area (Å²) < 4.78 is 12.6. The summed E-state index contributed by atoms with van der Waals surface area (Å²) in [5.74, 6) is -0.608. The first-order valence-corrected chi connectivity index (χ1v) is 10.1. The van der Waals surface area contributed by atoms with E-state index in [-0.39, 0.29) is 11.9 Å². The summed E-state index contributed by atoms with van der Waals surface area (Å²) in [6, 6.07) is 14.5. The fourth-order valence-electron chi connectivity index (χ4n) is 2.05. The molecule has 0 saturated heterocycles. The van der Waals surface area contributed by atoms with Gasteiger partial charge in [0.05, 0.1) is 24.3 Å². The van der Waals surface area contributed by atoms with Crippen molar-refractivity contribution in [2.24, 2.45) is 0 Å². The van der Waals surface area contributed by atoms with Crippen LogP contribution in [0.3, 0.4) is 0 Å². The van der Waals surface area contributed by atoms with E-state index in [0.29, 0.717) is 24.3 Å². The number of benzene rings is 2. The van der Waals surface area contributed by atoms with Crippen molar-refractivity contribution >= 4 is 57.1 Å². The molecule has 0 atom stereocenters. The highest BCUT2D eigenvalue weighted by Gasteiger charge is 2.07. The molecule has 0 aliphatic rings. The summed E-state index contributed by atoms with van der Waals surface area (Å²) in [5, 5.41) is 0. The maximum atomic E-state index is 11.8. The minimum Gasteiger partial charge on any atom is -0.462 e. The van der Waals surface area contributed by atoms with E-state index in [1.54, 1.807) is 24.3 Å². The Balaban J connectivity index is 1.56. The van der Waals surface area contributed by atoms with E-state index in [1.807, 2.05) is 24.3 Å². The molecule has 0 unspecified atom stereocenters. The number of hydrogen-bond donors (Lipinski definition) is 0. The largest absolute Gasteiger partial charge is 0.462 e. The van der Waals surface area contributed by atoms with Crippen molar-refractivity contribution in [2.45, 2.75) is 19.3 Å². The zero-order valence-corrected chi connectivity index (χ0v) is 17.9. The molecule has 2 aromatic carbocycles. The van der Waals surface area contributed by atoms with Crippen molar-refractivity contribution in [3.63, 3.8) is 0 Å². The number of esters is 2. The average Bonchev–Trinajstić information content (AvgIpc) is 2.61. The minimum absolute atomic E-state index is 0.304. The Morgan fingerprint density at radius 1 is 0.640 bits per heavy atom. The summed E-state index contributed by atoms with van der Waals surface area (Å²) in [7, 11) is 0. The third-order valence-corrected chi connectivity index (χ3v) is 4.85. The zero-order chi connectivity index (χ0) is 18.1. The first-order valence-electron chi connectivity index (χ1n) is 7.91. The Hall–Kier alpha value is -1.16. The molecular formula is C19H18I2O4. The van der Waals surface area contributed by atoms with Crippen LogP contribution in [-0.2, 0) is 9.47 Å². The standard InChI is InChI=1S/C19H18I2O4/c20-16-8-4-14(5-9-16)18(22)24-12-2-1-3-13-25-19(23)15-6-10-17(21)11-7-15/h4-11H,1-3,12-13H2. The van der Waals surface area contributed by atoms with Crippen LogP contribution < -0.4 is 0 Å². The third-order valence-electron chi connectivity index (χ3n) is 3.41. The molecule has 0 N–H and O–H groups in total. The number of unbranched alkanes of at least 4 members (excludes halogenated alkanes) is 2. The molecule has 4 nitrogen and oxygen atoms in total. The fraction of sp³-hybridized carbons (Fsp3) is 0.263. The number of carbonyl (C=O) groups excluding carboxylic acids is 2. The van der Waals surface area contributed by atoms with Gasteiger partial charge in [0.25, 0.3) is 0 Å². The van der Waals surface area contributed by atoms with Gasteiger partial charge in [-0.1, -0.05) is 0 Å². The first kappa shape index (κ1) is 20.2. The molecule has 0 bridgehead atoms. The van der Waals surface area contributed by atoms with Crippen LogP contribution in [0, 0.1) is 7.14 Å². The number of halogens is 2. The van der Waals surface area contributed by atoms with Crippen LogP contribution in [0.4, 0.5) is 0 Å². The second-order valence-electron chi connectivity index (χ2n) is 5.35. The average molecular weight is 564 g/mol. The Morgan fingerprint density at radius 3 is 1.36 bits per heavy atom. The summed E-state index contributed by atoms with van der Waals surface area (Å²) in [5.41, 5.74) is 1.12. The number of hydrogen-bond acceptors (Lipinski definition) is 4. The van der Waals surface area contributed by atoms with Crippen LogP contribution in [0.15, 0.2) is 48.5 Å². The normalized spacial score (nSPS) is 10.3. The van der Waals surface area contributed by atoms with Crippen LogP contribution in [0.1, 0.15) is 40.0 Å². The fourth-order valence-corrected chi connectivity index (χ4v) is 2.77. The maximum absolute atomic E-state index is 11.8. The highest BCUT2D eigenvalue weighted by Crippen LogP contribution is 2.10. The molecule has 0 radical (unpaired) electrons. The molecule has 2 rings (SSSR count). The molecular weight excluding hydrogens is 546 g/mol. The Morgan fingerprint density at radius 2 is 1.00 bits per heavy atom. The Labute approximate surface area is 174 Å². The molecule has 0 aromatic heterocycles. The van der Waals surface area contributed by atoms with Crippen molar-refractivity contribution in [1.82, 2.24) is 0 Å². The van der Waals surface area contributed by atoms with E-state index in [4.69, 9.17) is 9.47 Å². The molecule has 0 spiro atoms. The Kier molecular flexibility index (Phi) is 8.66. The molecule has 2 aromatic rings. The summed E-state index contributed by atoms with van der Waals surface area (Å²) in [6.07, 6.45) is 2.33. The second kappa shape index (κ2) is 10.7. The predicted molar refractivity (Wildman–Crippen MR) is 113 cm³/mol. The van der Waals surface area contributed by atoms with Crippen LogP contribution in [0.25, 0.3) is 0 Å². The third kappa shape index (κ3) is 7.31. The monoisotopic (exact) mass is 564 g/mol.